The van der Waals surface area contributed by atoms with Crippen LogP contribution in [0.1, 0.15) is 90.4 Å². The van der Waals surface area contributed by atoms with Crippen molar-refractivity contribution in [3.8, 4) is 0 Å². The number of allylic oxidation sites excluding steroid dienone is 14. The van der Waals surface area contributed by atoms with Crippen LogP contribution in [0.2, 0.25) is 0 Å². The third kappa shape index (κ3) is 10.1. The van der Waals surface area contributed by atoms with E-state index in [-0.39, 0.29) is 0 Å². The van der Waals surface area contributed by atoms with Crippen LogP contribution < -0.4 is 16.2 Å². The van der Waals surface area contributed by atoms with Gasteiger partial charge in [0.25, 0.3) is 0 Å². The van der Waals surface area contributed by atoms with Crippen molar-refractivity contribution in [2.24, 2.45) is 5.73 Å². The van der Waals surface area contributed by atoms with E-state index in [2.05, 4.69) is 86.0 Å². The SMILES string of the molecule is C=C/C=C(\CCCC1=CC=C(CCCC=C)CC1)C1=c2ccccc2=C(C/C=C\C=C(/N)CC/C=C\C)CC1. The number of nitrogens with two attached hydrogens (primary N) is 1. The van der Waals surface area contributed by atoms with Crippen LogP contribution in [-0.4, -0.2) is 0 Å². The smallest absolute Gasteiger partial charge is 0.00834 e. The van der Waals surface area contributed by atoms with Gasteiger partial charge in [-0.3, -0.25) is 0 Å². The highest BCUT2D eigenvalue weighted by atomic mass is 14.6. The Balaban J connectivity index is 1.69. The van der Waals surface area contributed by atoms with E-state index in [1.165, 1.54) is 65.7 Å². The quantitative estimate of drug-likeness (QED) is 0.131. The largest absolute Gasteiger partial charge is 0.402 e. The Morgan fingerprint density at radius 1 is 0.846 bits per heavy atom. The summed E-state index contributed by atoms with van der Waals surface area (Å²) >= 11 is 0. The Kier molecular flexibility index (Phi) is 13.4. The van der Waals surface area contributed by atoms with E-state index in [1.807, 2.05) is 19.1 Å². The van der Waals surface area contributed by atoms with E-state index >= 15 is 0 Å². The van der Waals surface area contributed by atoms with Crippen molar-refractivity contribution in [3.05, 3.63) is 131 Å². The first kappa shape index (κ1) is 30.2. The van der Waals surface area contributed by atoms with Gasteiger partial charge in [-0.25, -0.2) is 0 Å². The Morgan fingerprint density at radius 3 is 2.28 bits per heavy atom. The molecule has 3 rings (SSSR count). The number of rotatable bonds is 16. The zero-order valence-corrected chi connectivity index (χ0v) is 24.3. The minimum Gasteiger partial charge on any atom is -0.402 e. The van der Waals surface area contributed by atoms with E-state index in [9.17, 15) is 0 Å². The van der Waals surface area contributed by atoms with Crippen molar-refractivity contribution in [1.82, 2.24) is 0 Å². The molecule has 1 heteroatoms. The number of hydrogen-bond donors (Lipinski definition) is 1. The van der Waals surface area contributed by atoms with E-state index in [4.69, 9.17) is 5.73 Å². The third-order valence-electron chi connectivity index (χ3n) is 7.83. The Morgan fingerprint density at radius 2 is 1.59 bits per heavy atom. The normalized spacial score (nSPS) is 16.4. The molecule has 0 aromatic heterocycles. The van der Waals surface area contributed by atoms with Crippen LogP contribution in [0, 0.1) is 0 Å². The number of hydrogen-bond acceptors (Lipinski definition) is 1. The van der Waals surface area contributed by atoms with Gasteiger partial charge in [0.05, 0.1) is 0 Å². The molecule has 0 bridgehead atoms. The average Bonchev–Trinajstić information content (AvgIpc) is 2.96. The molecule has 0 unspecified atom stereocenters. The van der Waals surface area contributed by atoms with Gasteiger partial charge in [-0.05, 0) is 118 Å². The maximum absolute atomic E-state index is 6.15. The van der Waals surface area contributed by atoms with Crippen LogP contribution in [-0.2, 0) is 0 Å². The summed E-state index contributed by atoms with van der Waals surface area (Å²) in [6.45, 7) is 9.93. The highest BCUT2D eigenvalue weighted by Gasteiger charge is 2.14. The lowest BCUT2D eigenvalue weighted by Crippen LogP contribution is -2.32. The van der Waals surface area contributed by atoms with Gasteiger partial charge in [-0.1, -0.05) is 102 Å². The summed E-state index contributed by atoms with van der Waals surface area (Å²) in [6, 6.07) is 8.97. The maximum atomic E-state index is 6.15. The molecule has 0 aliphatic heterocycles. The van der Waals surface area contributed by atoms with Crippen LogP contribution in [0.15, 0.2) is 121 Å². The second-order valence-corrected chi connectivity index (χ2v) is 10.7. The van der Waals surface area contributed by atoms with E-state index in [1.54, 1.807) is 11.1 Å². The predicted molar refractivity (Wildman–Crippen MR) is 173 cm³/mol. The molecule has 2 aliphatic rings. The second-order valence-electron chi connectivity index (χ2n) is 10.7. The van der Waals surface area contributed by atoms with Gasteiger partial charge in [0, 0.05) is 5.70 Å². The fourth-order valence-electron chi connectivity index (χ4n) is 5.64. The molecule has 0 atom stereocenters. The minimum atomic E-state index is 0.913. The molecular weight excluding hydrogens is 470 g/mol. The lowest BCUT2D eigenvalue weighted by molar-refractivity contribution is 0.725. The van der Waals surface area contributed by atoms with Crippen molar-refractivity contribution in [2.75, 3.05) is 0 Å². The van der Waals surface area contributed by atoms with Gasteiger partial charge in [0.15, 0.2) is 0 Å². The Labute approximate surface area is 238 Å². The summed E-state index contributed by atoms with van der Waals surface area (Å²) < 4.78 is 0. The first-order valence-corrected chi connectivity index (χ1v) is 15.0. The molecule has 2 aliphatic carbocycles. The molecule has 0 radical (unpaired) electrons. The molecule has 0 fully saturated rings. The standard InChI is InChI=1S/C38H49N/c1-4-7-9-17-31-25-27-32(28-26-31)18-15-20-33(16-6-3)37-30-29-34(36-23-13-14-24-38(36)37)19-11-12-22-35(39)21-10-8-5-2/h4-6,8,11-14,16,22-25,27H,1,3,7,9-10,15,17-21,26,28-30,39H2,2H3/b8-5-,12-11-,33-16+,35-22-. The zero-order valence-electron chi connectivity index (χ0n) is 24.3. The fraction of sp³-hybridized carbons (Fsp3) is 0.368. The molecular formula is C38H49N. The first-order valence-electron chi connectivity index (χ1n) is 15.0. The molecule has 1 aromatic rings. The summed E-state index contributed by atoms with van der Waals surface area (Å²) in [6.07, 6.45) is 36.3. The van der Waals surface area contributed by atoms with Gasteiger partial charge < -0.3 is 5.73 Å². The monoisotopic (exact) mass is 519 g/mol. The number of unbranched alkanes of at least 4 members (excludes halogenated alkanes) is 1. The summed E-state index contributed by atoms with van der Waals surface area (Å²) in [5.41, 5.74) is 14.8. The average molecular weight is 520 g/mol. The lowest BCUT2D eigenvalue weighted by Gasteiger charge is -2.20. The van der Waals surface area contributed by atoms with Crippen LogP contribution in [0.5, 0.6) is 0 Å². The Hall–Kier alpha value is -3.32. The second kappa shape index (κ2) is 17.3. The molecule has 0 amide bonds. The fourth-order valence-corrected chi connectivity index (χ4v) is 5.64. The summed E-state index contributed by atoms with van der Waals surface area (Å²) in [5, 5.41) is 2.82. The molecule has 0 heterocycles. The van der Waals surface area contributed by atoms with Crippen LogP contribution in [0.25, 0.3) is 11.1 Å². The van der Waals surface area contributed by atoms with Crippen molar-refractivity contribution in [1.29, 1.82) is 0 Å². The van der Waals surface area contributed by atoms with E-state index < -0.39 is 0 Å². The molecule has 1 nitrogen and oxygen atoms in total. The first-order chi connectivity index (χ1) is 19.2. The molecule has 1 aromatic carbocycles. The zero-order chi connectivity index (χ0) is 27.7. The molecule has 39 heavy (non-hydrogen) atoms. The van der Waals surface area contributed by atoms with Crippen LogP contribution >= 0.6 is 0 Å². The van der Waals surface area contributed by atoms with E-state index in [0.717, 1.165) is 50.6 Å². The van der Waals surface area contributed by atoms with Crippen LogP contribution in [0.3, 0.4) is 0 Å². The van der Waals surface area contributed by atoms with Crippen molar-refractivity contribution >= 4 is 11.1 Å². The summed E-state index contributed by atoms with van der Waals surface area (Å²) in [5.74, 6) is 0. The number of fused-ring (bicyclic) bond motifs is 1. The molecule has 0 spiro atoms. The van der Waals surface area contributed by atoms with Gasteiger partial charge in [0.2, 0.25) is 0 Å². The number of benzene rings is 1. The van der Waals surface area contributed by atoms with Crippen molar-refractivity contribution < 1.29 is 0 Å². The van der Waals surface area contributed by atoms with Gasteiger partial charge in [0.1, 0.15) is 0 Å². The Bertz CT molecular complexity index is 1270. The topological polar surface area (TPSA) is 26.0 Å². The third-order valence-corrected chi connectivity index (χ3v) is 7.83. The molecule has 0 saturated heterocycles. The minimum absolute atomic E-state index is 0.913. The molecule has 2 N–H and O–H groups in total. The molecule has 0 saturated carbocycles. The molecule has 206 valence electrons. The summed E-state index contributed by atoms with van der Waals surface area (Å²) in [7, 11) is 0. The van der Waals surface area contributed by atoms with Gasteiger partial charge >= 0.3 is 0 Å². The summed E-state index contributed by atoms with van der Waals surface area (Å²) in [4.78, 5) is 0. The highest BCUT2D eigenvalue weighted by molar-refractivity contribution is 5.69. The van der Waals surface area contributed by atoms with Crippen LogP contribution in [0.4, 0.5) is 0 Å². The highest BCUT2D eigenvalue weighted by Crippen LogP contribution is 2.30. The van der Waals surface area contributed by atoms with Gasteiger partial charge in [-0.15, -0.1) is 6.58 Å². The van der Waals surface area contributed by atoms with E-state index in [0.29, 0.717) is 0 Å². The maximum Gasteiger partial charge on any atom is 0.00834 e. The lowest BCUT2D eigenvalue weighted by atomic mass is 9.85. The van der Waals surface area contributed by atoms with Gasteiger partial charge in [-0.2, -0.15) is 0 Å². The predicted octanol–water partition coefficient (Wildman–Crippen LogP) is 9.21. The van der Waals surface area contributed by atoms with Crippen molar-refractivity contribution in [2.45, 2.75) is 90.4 Å². The van der Waals surface area contributed by atoms with Crippen molar-refractivity contribution in [3.63, 3.8) is 0 Å².